The number of hydrogen-bond donors (Lipinski definition) is 2. The van der Waals surface area contributed by atoms with Gasteiger partial charge < -0.3 is 5.32 Å². The van der Waals surface area contributed by atoms with E-state index >= 15 is 0 Å². The summed E-state index contributed by atoms with van der Waals surface area (Å²) in [6.07, 6.45) is 2.09. The summed E-state index contributed by atoms with van der Waals surface area (Å²) in [7, 11) is -4.11. The van der Waals surface area contributed by atoms with Gasteiger partial charge in [-0.15, -0.1) is 0 Å². The first kappa shape index (κ1) is 22.7. The summed E-state index contributed by atoms with van der Waals surface area (Å²) in [5.74, 6) is 0. The molecule has 9 heteroatoms. The smallest absolute Gasteiger partial charge is 0.306 e. The standard InChI is InChI=1S/C20H24ClN3O4S/c1-3-4-7-14-24(29(27,28)16-12-10-15(2)11-13-16)20(26)23-19(25)22-18-9-6-5-8-17(18)21/h5-6,8-13H,3-4,7,14H2,1-2H3,(H2,22,23,25,26). The Morgan fingerprint density at radius 2 is 1.69 bits per heavy atom. The van der Waals surface area contributed by atoms with Crippen molar-refractivity contribution in [3.63, 3.8) is 0 Å². The molecular formula is C20H24ClN3O4S. The third-order valence-corrected chi connectivity index (χ3v) is 6.27. The zero-order chi connectivity index (χ0) is 21.4. The van der Waals surface area contributed by atoms with Gasteiger partial charge in [0.15, 0.2) is 0 Å². The van der Waals surface area contributed by atoms with Crippen molar-refractivity contribution in [2.75, 3.05) is 11.9 Å². The highest BCUT2D eigenvalue weighted by Gasteiger charge is 2.30. The van der Waals surface area contributed by atoms with E-state index in [9.17, 15) is 18.0 Å². The van der Waals surface area contributed by atoms with Crippen LogP contribution in [-0.2, 0) is 10.0 Å². The minimum absolute atomic E-state index is 0.0127. The first-order valence-corrected chi connectivity index (χ1v) is 11.0. The molecule has 2 rings (SSSR count). The van der Waals surface area contributed by atoms with Gasteiger partial charge in [-0.3, -0.25) is 5.32 Å². The summed E-state index contributed by atoms with van der Waals surface area (Å²) in [5.41, 5.74) is 1.20. The first-order chi connectivity index (χ1) is 13.8. The topological polar surface area (TPSA) is 95.6 Å². The second-order valence-corrected chi connectivity index (χ2v) is 8.73. The number of amides is 4. The number of nitrogens with one attached hydrogen (secondary N) is 2. The Labute approximate surface area is 176 Å². The fraction of sp³-hybridized carbons (Fsp3) is 0.300. The van der Waals surface area contributed by atoms with Gasteiger partial charge in [0.2, 0.25) is 0 Å². The molecule has 0 aliphatic carbocycles. The van der Waals surface area contributed by atoms with Crippen LogP contribution in [0.15, 0.2) is 53.4 Å². The molecule has 0 aromatic heterocycles. The number of carbonyl (C=O) groups is 2. The lowest BCUT2D eigenvalue weighted by Crippen LogP contribution is -2.47. The van der Waals surface area contributed by atoms with Crippen LogP contribution >= 0.6 is 11.6 Å². The minimum atomic E-state index is -4.11. The number of unbranched alkanes of at least 4 members (excludes halogenated alkanes) is 2. The molecule has 0 heterocycles. The first-order valence-electron chi connectivity index (χ1n) is 9.21. The molecule has 0 atom stereocenters. The third kappa shape index (κ3) is 6.20. The molecule has 0 unspecified atom stereocenters. The largest absolute Gasteiger partial charge is 0.339 e. The number of carbonyl (C=O) groups excluding carboxylic acids is 2. The molecule has 0 saturated carbocycles. The van der Waals surface area contributed by atoms with Gasteiger partial charge in [-0.1, -0.05) is 61.2 Å². The van der Waals surface area contributed by atoms with Crippen LogP contribution in [0.1, 0.15) is 31.7 Å². The average Bonchev–Trinajstić information content (AvgIpc) is 2.67. The number of imide groups is 1. The SMILES string of the molecule is CCCCCN(C(=O)NC(=O)Nc1ccccc1Cl)S(=O)(=O)c1ccc(C)cc1. The lowest BCUT2D eigenvalue weighted by molar-refractivity contribution is 0.218. The number of benzene rings is 2. The normalized spacial score (nSPS) is 11.0. The molecule has 7 nitrogen and oxygen atoms in total. The van der Waals surface area contributed by atoms with E-state index in [0.717, 1.165) is 18.4 Å². The number of hydrogen-bond acceptors (Lipinski definition) is 4. The monoisotopic (exact) mass is 437 g/mol. The number of nitrogens with zero attached hydrogens (tertiary/aromatic N) is 1. The van der Waals surface area contributed by atoms with Crippen LogP contribution in [0.3, 0.4) is 0 Å². The molecule has 156 valence electrons. The molecule has 0 spiro atoms. The molecule has 2 aromatic carbocycles. The van der Waals surface area contributed by atoms with Crippen LogP contribution < -0.4 is 10.6 Å². The number of sulfonamides is 1. The Morgan fingerprint density at radius 3 is 2.31 bits per heavy atom. The summed E-state index contributed by atoms with van der Waals surface area (Å²) in [6, 6.07) is 10.8. The maximum Gasteiger partial charge on any atom is 0.339 e. The summed E-state index contributed by atoms with van der Waals surface area (Å²) < 4.78 is 26.7. The molecule has 0 fully saturated rings. The number of rotatable bonds is 7. The molecule has 2 aromatic rings. The Kier molecular flexibility index (Phi) is 8.04. The molecule has 0 saturated heterocycles. The van der Waals surface area contributed by atoms with Crippen LogP contribution in [0.5, 0.6) is 0 Å². The Morgan fingerprint density at radius 1 is 1.03 bits per heavy atom. The fourth-order valence-electron chi connectivity index (χ4n) is 2.55. The van der Waals surface area contributed by atoms with Gasteiger partial charge in [-0.25, -0.2) is 22.3 Å². The molecule has 0 aliphatic heterocycles. The number of urea groups is 2. The van der Waals surface area contributed by atoms with E-state index in [1.165, 1.54) is 12.1 Å². The van der Waals surface area contributed by atoms with E-state index in [0.29, 0.717) is 21.4 Å². The van der Waals surface area contributed by atoms with Crippen molar-refractivity contribution in [1.29, 1.82) is 0 Å². The van der Waals surface area contributed by atoms with Crippen molar-refractivity contribution in [3.8, 4) is 0 Å². The molecule has 0 bridgehead atoms. The van der Waals surface area contributed by atoms with Crippen molar-refractivity contribution in [1.82, 2.24) is 9.62 Å². The fourth-order valence-corrected chi connectivity index (χ4v) is 4.10. The van der Waals surface area contributed by atoms with Crippen molar-refractivity contribution in [2.45, 2.75) is 38.0 Å². The summed E-state index contributed by atoms with van der Waals surface area (Å²) in [4.78, 5) is 24.8. The minimum Gasteiger partial charge on any atom is -0.306 e. The lowest BCUT2D eigenvalue weighted by Gasteiger charge is -2.22. The van der Waals surface area contributed by atoms with E-state index < -0.39 is 22.1 Å². The van der Waals surface area contributed by atoms with E-state index in [4.69, 9.17) is 11.6 Å². The third-order valence-electron chi connectivity index (χ3n) is 4.14. The lowest BCUT2D eigenvalue weighted by atomic mass is 10.2. The molecular weight excluding hydrogens is 414 g/mol. The Balaban J connectivity index is 2.19. The van der Waals surface area contributed by atoms with Crippen LogP contribution in [0.25, 0.3) is 0 Å². The zero-order valence-corrected chi connectivity index (χ0v) is 17.9. The second-order valence-electron chi connectivity index (χ2n) is 6.46. The van der Waals surface area contributed by atoms with Crippen molar-refractivity contribution >= 4 is 39.4 Å². The predicted octanol–water partition coefficient (Wildman–Crippen LogP) is 4.77. The maximum absolute atomic E-state index is 13.0. The number of anilines is 1. The van der Waals surface area contributed by atoms with Crippen LogP contribution in [-0.4, -0.2) is 31.3 Å². The van der Waals surface area contributed by atoms with Crippen LogP contribution in [0, 0.1) is 6.92 Å². The molecule has 0 aliphatic rings. The number of halogens is 1. The Hall–Kier alpha value is -2.58. The van der Waals surface area contributed by atoms with Crippen LogP contribution in [0.2, 0.25) is 5.02 Å². The molecule has 0 radical (unpaired) electrons. The quantitative estimate of drug-likeness (QED) is 0.609. The summed E-state index contributed by atoms with van der Waals surface area (Å²) in [6.45, 7) is 3.77. The van der Waals surface area contributed by atoms with Gasteiger partial charge in [0, 0.05) is 6.54 Å². The van der Waals surface area contributed by atoms with E-state index in [-0.39, 0.29) is 11.4 Å². The average molecular weight is 438 g/mol. The van der Waals surface area contributed by atoms with Gasteiger partial charge in [0.1, 0.15) is 0 Å². The second kappa shape index (κ2) is 10.3. The van der Waals surface area contributed by atoms with E-state index in [2.05, 4.69) is 10.6 Å². The maximum atomic E-state index is 13.0. The van der Waals surface area contributed by atoms with Gasteiger partial charge in [-0.2, -0.15) is 0 Å². The van der Waals surface area contributed by atoms with Gasteiger partial charge in [0.05, 0.1) is 15.6 Å². The highest BCUT2D eigenvalue weighted by Crippen LogP contribution is 2.21. The summed E-state index contributed by atoms with van der Waals surface area (Å²) >= 11 is 5.98. The zero-order valence-electron chi connectivity index (χ0n) is 16.3. The molecule has 29 heavy (non-hydrogen) atoms. The number of aryl methyl sites for hydroxylation is 1. The van der Waals surface area contributed by atoms with Crippen molar-refractivity contribution < 1.29 is 18.0 Å². The van der Waals surface area contributed by atoms with Crippen LogP contribution in [0.4, 0.5) is 15.3 Å². The van der Waals surface area contributed by atoms with Gasteiger partial charge in [-0.05, 0) is 37.6 Å². The van der Waals surface area contributed by atoms with E-state index in [1.807, 2.05) is 13.8 Å². The molecule has 2 N–H and O–H groups in total. The van der Waals surface area contributed by atoms with Gasteiger partial charge in [0.25, 0.3) is 10.0 Å². The highest BCUT2D eigenvalue weighted by molar-refractivity contribution is 7.89. The molecule has 4 amide bonds. The van der Waals surface area contributed by atoms with Crippen molar-refractivity contribution in [2.24, 2.45) is 0 Å². The highest BCUT2D eigenvalue weighted by atomic mass is 35.5. The summed E-state index contributed by atoms with van der Waals surface area (Å²) in [5, 5.41) is 4.80. The van der Waals surface area contributed by atoms with Crippen molar-refractivity contribution in [3.05, 3.63) is 59.1 Å². The predicted molar refractivity (Wildman–Crippen MR) is 114 cm³/mol. The van der Waals surface area contributed by atoms with E-state index in [1.54, 1.807) is 36.4 Å². The Bertz CT molecular complexity index is 962. The number of para-hydroxylation sites is 1. The van der Waals surface area contributed by atoms with Gasteiger partial charge >= 0.3 is 12.1 Å².